The zero-order chi connectivity index (χ0) is 20.4. The Balaban J connectivity index is 0.00000420. The summed E-state index contributed by atoms with van der Waals surface area (Å²) in [5.74, 6) is 1.30. The van der Waals surface area contributed by atoms with Crippen LogP contribution in [0.15, 0.2) is 4.99 Å². The molecule has 0 aromatic carbocycles. The number of rotatable bonds is 10. The van der Waals surface area contributed by atoms with E-state index in [1.807, 2.05) is 25.7 Å². The van der Waals surface area contributed by atoms with Gasteiger partial charge in [0, 0.05) is 51.9 Å². The third-order valence-electron chi connectivity index (χ3n) is 4.62. The molecule has 9 heteroatoms. The Hall–Kier alpha value is -0.810. The Bertz CT molecular complexity index is 503. The first-order chi connectivity index (χ1) is 13.4. The summed E-state index contributed by atoms with van der Waals surface area (Å²) in [7, 11) is 1.75. The van der Waals surface area contributed by atoms with Gasteiger partial charge in [-0.05, 0) is 46.5 Å². The highest BCUT2D eigenvalue weighted by Crippen LogP contribution is 2.28. The van der Waals surface area contributed by atoms with Crippen LogP contribution >= 0.6 is 24.0 Å². The zero-order valence-electron chi connectivity index (χ0n) is 18.4. The number of hydrogen-bond acceptors (Lipinski definition) is 5. The summed E-state index contributed by atoms with van der Waals surface area (Å²) < 4.78 is 16.6. The Labute approximate surface area is 192 Å². The highest BCUT2D eigenvalue weighted by Gasteiger charge is 2.34. The quantitative estimate of drug-likeness (QED) is 0.197. The van der Waals surface area contributed by atoms with E-state index in [2.05, 4.69) is 15.6 Å². The van der Waals surface area contributed by atoms with E-state index in [0.29, 0.717) is 25.0 Å². The van der Waals surface area contributed by atoms with Crippen LogP contribution in [0.2, 0.25) is 0 Å². The predicted molar refractivity (Wildman–Crippen MR) is 125 cm³/mol. The first kappa shape index (κ1) is 26.2. The molecule has 0 spiro atoms. The van der Waals surface area contributed by atoms with Gasteiger partial charge in [0.25, 0.3) is 0 Å². The number of nitrogens with one attached hydrogen (secondary N) is 2. The Morgan fingerprint density at radius 1 is 1.21 bits per heavy atom. The molecular weight excluding hydrogens is 487 g/mol. The van der Waals surface area contributed by atoms with Crippen LogP contribution < -0.4 is 10.6 Å². The van der Waals surface area contributed by atoms with Crippen LogP contribution in [0.25, 0.3) is 0 Å². The minimum Gasteiger partial charge on any atom is -0.444 e. The van der Waals surface area contributed by atoms with Gasteiger partial charge in [0.15, 0.2) is 5.96 Å². The normalized spacial score (nSPS) is 19.4. The summed E-state index contributed by atoms with van der Waals surface area (Å²) in [6.07, 6.45) is 3.90. The SMILES string of the molecule is CN=C(NCCCOCC1CCOC1)NCCN(C(=O)OC(C)(C)C)C1CC1.I. The molecule has 1 amide bonds. The van der Waals surface area contributed by atoms with Crippen molar-refractivity contribution in [3.05, 3.63) is 0 Å². The van der Waals surface area contributed by atoms with Crippen molar-refractivity contribution in [2.24, 2.45) is 10.9 Å². The van der Waals surface area contributed by atoms with E-state index < -0.39 is 5.60 Å². The first-order valence-corrected chi connectivity index (χ1v) is 10.5. The van der Waals surface area contributed by atoms with Crippen LogP contribution in [0.5, 0.6) is 0 Å². The van der Waals surface area contributed by atoms with Gasteiger partial charge in [-0.15, -0.1) is 24.0 Å². The Morgan fingerprint density at radius 2 is 1.93 bits per heavy atom. The fraction of sp³-hybridized carbons (Fsp3) is 0.900. The van der Waals surface area contributed by atoms with E-state index in [-0.39, 0.29) is 30.1 Å². The second-order valence-electron chi connectivity index (χ2n) is 8.49. The lowest BCUT2D eigenvalue weighted by Crippen LogP contribution is -2.45. The second kappa shape index (κ2) is 13.5. The Morgan fingerprint density at radius 3 is 2.52 bits per heavy atom. The first-order valence-electron chi connectivity index (χ1n) is 10.5. The minimum absolute atomic E-state index is 0. The van der Waals surface area contributed by atoms with Gasteiger partial charge in [0.1, 0.15) is 5.60 Å². The molecule has 2 N–H and O–H groups in total. The third-order valence-corrected chi connectivity index (χ3v) is 4.62. The monoisotopic (exact) mass is 526 g/mol. The summed E-state index contributed by atoms with van der Waals surface area (Å²) in [5, 5.41) is 6.55. The van der Waals surface area contributed by atoms with Crippen LogP contribution in [0.1, 0.15) is 46.5 Å². The molecule has 1 heterocycles. The van der Waals surface area contributed by atoms with Crippen molar-refractivity contribution in [2.75, 3.05) is 53.1 Å². The van der Waals surface area contributed by atoms with Crippen LogP contribution in [0.4, 0.5) is 4.79 Å². The number of carbonyl (C=O) groups excluding carboxylic acids is 1. The Kier molecular flexibility index (Phi) is 12.2. The van der Waals surface area contributed by atoms with Gasteiger partial charge in [0.2, 0.25) is 0 Å². The maximum Gasteiger partial charge on any atom is 0.410 e. The van der Waals surface area contributed by atoms with E-state index in [9.17, 15) is 4.79 Å². The molecular formula is C20H39IN4O4. The van der Waals surface area contributed by atoms with Gasteiger partial charge in [-0.25, -0.2) is 4.79 Å². The van der Waals surface area contributed by atoms with Gasteiger partial charge < -0.3 is 29.7 Å². The maximum absolute atomic E-state index is 12.4. The highest BCUT2D eigenvalue weighted by molar-refractivity contribution is 14.0. The highest BCUT2D eigenvalue weighted by atomic mass is 127. The number of nitrogens with zero attached hydrogens (tertiary/aromatic N) is 2. The van der Waals surface area contributed by atoms with Crippen LogP contribution in [0.3, 0.4) is 0 Å². The molecule has 2 fully saturated rings. The molecule has 0 radical (unpaired) electrons. The molecule has 1 saturated heterocycles. The number of guanidine groups is 1. The standard InChI is InChI=1S/C20H38N4O4.HI/c1-20(2,3)28-19(25)24(17-6-7-17)11-10-23-18(21-4)22-9-5-12-26-14-16-8-13-27-15-16;/h16-17H,5-15H2,1-4H3,(H2,21,22,23);1H. The molecule has 1 unspecified atom stereocenters. The van der Waals surface area contributed by atoms with Crippen LogP contribution in [-0.2, 0) is 14.2 Å². The summed E-state index contributed by atoms with van der Waals surface area (Å²) in [5.41, 5.74) is -0.470. The minimum atomic E-state index is -0.470. The summed E-state index contributed by atoms with van der Waals surface area (Å²) in [4.78, 5) is 18.4. The molecule has 2 aliphatic rings. The molecule has 1 aliphatic carbocycles. The largest absolute Gasteiger partial charge is 0.444 e. The van der Waals surface area contributed by atoms with E-state index >= 15 is 0 Å². The van der Waals surface area contributed by atoms with E-state index in [1.165, 1.54) is 0 Å². The van der Waals surface area contributed by atoms with Crippen molar-refractivity contribution < 1.29 is 19.0 Å². The van der Waals surface area contributed by atoms with Crippen molar-refractivity contribution in [3.63, 3.8) is 0 Å². The van der Waals surface area contributed by atoms with Crippen molar-refractivity contribution >= 4 is 36.0 Å². The zero-order valence-corrected chi connectivity index (χ0v) is 20.7. The number of hydrogen-bond donors (Lipinski definition) is 2. The van der Waals surface area contributed by atoms with Crippen LogP contribution in [0, 0.1) is 5.92 Å². The van der Waals surface area contributed by atoms with Crippen LogP contribution in [-0.4, -0.2) is 81.7 Å². The van der Waals surface area contributed by atoms with Gasteiger partial charge in [-0.2, -0.15) is 0 Å². The lowest BCUT2D eigenvalue weighted by atomic mass is 10.1. The second-order valence-corrected chi connectivity index (χ2v) is 8.49. The summed E-state index contributed by atoms with van der Waals surface area (Å²) in [6, 6.07) is 0.314. The van der Waals surface area contributed by atoms with E-state index in [1.54, 1.807) is 7.05 Å². The average molecular weight is 526 g/mol. The maximum atomic E-state index is 12.4. The number of carbonyl (C=O) groups is 1. The van der Waals surface area contributed by atoms with Gasteiger partial charge in [-0.3, -0.25) is 4.99 Å². The van der Waals surface area contributed by atoms with Gasteiger partial charge >= 0.3 is 6.09 Å². The molecule has 1 aliphatic heterocycles. The van der Waals surface area contributed by atoms with E-state index in [4.69, 9.17) is 14.2 Å². The van der Waals surface area contributed by atoms with Crippen molar-refractivity contribution in [1.29, 1.82) is 0 Å². The number of halogens is 1. The fourth-order valence-corrected chi connectivity index (χ4v) is 2.99. The molecule has 2 rings (SSSR count). The third kappa shape index (κ3) is 11.2. The van der Waals surface area contributed by atoms with Gasteiger partial charge in [0.05, 0.1) is 13.2 Å². The molecule has 0 aromatic rings. The topological polar surface area (TPSA) is 84.4 Å². The molecule has 29 heavy (non-hydrogen) atoms. The molecule has 0 aromatic heterocycles. The molecule has 1 saturated carbocycles. The number of aliphatic imine (C=N–C) groups is 1. The van der Waals surface area contributed by atoms with Gasteiger partial charge in [-0.1, -0.05) is 0 Å². The molecule has 8 nitrogen and oxygen atoms in total. The van der Waals surface area contributed by atoms with Crippen molar-refractivity contribution in [1.82, 2.24) is 15.5 Å². The molecule has 0 bridgehead atoms. The van der Waals surface area contributed by atoms with E-state index in [0.717, 1.165) is 64.6 Å². The number of ether oxygens (including phenoxy) is 3. The molecule has 1 atom stereocenters. The van der Waals surface area contributed by atoms with Crippen molar-refractivity contribution in [2.45, 2.75) is 58.1 Å². The summed E-state index contributed by atoms with van der Waals surface area (Å²) in [6.45, 7) is 10.9. The number of amides is 1. The lowest BCUT2D eigenvalue weighted by Gasteiger charge is -2.27. The fourth-order valence-electron chi connectivity index (χ4n) is 2.99. The predicted octanol–water partition coefficient (Wildman–Crippen LogP) is 2.61. The van der Waals surface area contributed by atoms with Crippen molar-refractivity contribution in [3.8, 4) is 0 Å². The molecule has 170 valence electrons. The lowest BCUT2D eigenvalue weighted by molar-refractivity contribution is 0.0237. The summed E-state index contributed by atoms with van der Waals surface area (Å²) >= 11 is 0. The average Bonchev–Trinajstić information content (AvgIpc) is 3.32. The smallest absolute Gasteiger partial charge is 0.410 e.